The number of nitrogens with one attached hydrogen (secondary N) is 2. The van der Waals surface area contributed by atoms with Gasteiger partial charge in [-0.25, -0.2) is 0 Å². The lowest BCUT2D eigenvalue weighted by molar-refractivity contribution is -0.141. The summed E-state index contributed by atoms with van der Waals surface area (Å²) in [6.45, 7) is 5.29. The molecule has 0 bridgehead atoms. The second-order valence-corrected chi connectivity index (χ2v) is 6.09. The average molecular weight is 340 g/mol. The smallest absolute Gasteiger partial charge is 0.252 e. The minimum Gasteiger partial charge on any atom is -0.376 e. The number of benzene rings is 1. The summed E-state index contributed by atoms with van der Waals surface area (Å²) in [5.74, 6) is -0.229. The van der Waals surface area contributed by atoms with Crippen molar-refractivity contribution >= 4 is 29.1 Å². The van der Waals surface area contributed by atoms with Gasteiger partial charge in [-0.05, 0) is 32.0 Å². The fourth-order valence-corrected chi connectivity index (χ4v) is 2.88. The molecule has 2 unspecified atom stereocenters. The zero-order valence-corrected chi connectivity index (χ0v) is 14.3. The number of rotatable bonds is 4. The van der Waals surface area contributed by atoms with Crippen LogP contribution in [0.3, 0.4) is 0 Å². The van der Waals surface area contributed by atoms with Gasteiger partial charge in [-0.1, -0.05) is 11.6 Å². The average Bonchev–Trinajstić information content (AvgIpc) is 2.51. The zero-order valence-electron chi connectivity index (χ0n) is 13.6. The maximum absolute atomic E-state index is 12.3. The Labute approximate surface area is 141 Å². The molecule has 2 atom stereocenters. The van der Waals surface area contributed by atoms with Crippen LogP contribution in [0.1, 0.15) is 24.2 Å². The number of carbonyl (C=O) groups is 2. The molecule has 0 spiro atoms. The van der Waals surface area contributed by atoms with Gasteiger partial charge < -0.3 is 20.3 Å². The molecule has 7 heteroatoms. The molecular formula is C16H22ClN3O3. The van der Waals surface area contributed by atoms with Gasteiger partial charge in [0.15, 0.2) is 0 Å². The number of anilines is 1. The summed E-state index contributed by atoms with van der Waals surface area (Å²) in [4.78, 5) is 25.7. The van der Waals surface area contributed by atoms with Gasteiger partial charge in [0.2, 0.25) is 5.91 Å². The number of halogens is 1. The lowest BCUT2D eigenvalue weighted by Crippen LogP contribution is -2.49. The number of morpholine rings is 1. The molecule has 1 aromatic carbocycles. The number of hydrogen-bond donors (Lipinski definition) is 2. The summed E-state index contributed by atoms with van der Waals surface area (Å²) in [5, 5.41) is 5.92. The largest absolute Gasteiger partial charge is 0.376 e. The van der Waals surface area contributed by atoms with Gasteiger partial charge in [-0.2, -0.15) is 0 Å². The van der Waals surface area contributed by atoms with E-state index in [1.165, 1.54) is 0 Å². The van der Waals surface area contributed by atoms with E-state index in [1.54, 1.807) is 30.1 Å². The maximum atomic E-state index is 12.3. The second kappa shape index (κ2) is 7.66. The highest BCUT2D eigenvalue weighted by Crippen LogP contribution is 2.21. The summed E-state index contributed by atoms with van der Waals surface area (Å²) in [5.41, 5.74) is 1.10. The summed E-state index contributed by atoms with van der Waals surface area (Å²) < 4.78 is 5.62. The van der Waals surface area contributed by atoms with Crippen molar-refractivity contribution in [3.8, 4) is 0 Å². The van der Waals surface area contributed by atoms with Crippen LogP contribution < -0.4 is 10.6 Å². The molecule has 1 aliphatic rings. The van der Waals surface area contributed by atoms with Crippen molar-refractivity contribution in [2.45, 2.75) is 26.1 Å². The Balaban J connectivity index is 1.94. The third-order valence-electron chi connectivity index (χ3n) is 3.66. The minimum atomic E-state index is -0.242. The van der Waals surface area contributed by atoms with Gasteiger partial charge in [-0.15, -0.1) is 0 Å². The van der Waals surface area contributed by atoms with Gasteiger partial charge in [-0.3, -0.25) is 9.59 Å². The third-order valence-corrected chi connectivity index (χ3v) is 3.97. The van der Waals surface area contributed by atoms with Crippen molar-refractivity contribution in [2.24, 2.45) is 0 Å². The fourth-order valence-electron chi connectivity index (χ4n) is 2.61. The van der Waals surface area contributed by atoms with Crippen LogP contribution in [0.5, 0.6) is 0 Å². The van der Waals surface area contributed by atoms with E-state index in [0.29, 0.717) is 29.4 Å². The van der Waals surface area contributed by atoms with Crippen LogP contribution in [-0.2, 0) is 9.53 Å². The predicted molar refractivity (Wildman–Crippen MR) is 89.9 cm³/mol. The van der Waals surface area contributed by atoms with E-state index >= 15 is 0 Å². The van der Waals surface area contributed by atoms with Crippen molar-refractivity contribution in [1.29, 1.82) is 0 Å². The Bertz CT molecular complexity index is 584. The van der Waals surface area contributed by atoms with E-state index in [2.05, 4.69) is 10.6 Å². The summed E-state index contributed by atoms with van der Waals surface area (Å²) in [6, 6.07) is 5.01. The zero-order chi connectivity index (χ0) is 17.0. The highest BCUT2D eigenvalue weighted by atomic mass is 35.5. The quantitative estimate of drug-likeness (QED) is 0.876. The lowest BCUT2D eigenvalue weighted by Gasteiger charge is -2.35. The number of nitrogens with zero attached hydrogens (tertiary/aromatic N) is 1. The van der Waals surface area contributed by atoms with Crippen LogP contribution in [0.4, 0.5) is 5.69 Å². The molecule has 23 heavy (non-hydrogen) atoms. The standard InChI is InChI=1S/C16H22ClN3O3/c1-10-8-20(9-11(2)23-10)15(21)7-19-12-4-5-13(14(17)6-12)16(22)18-3/h4-6,10-11,19H,7-9H2,1-3H3,(H,18,22). The normalized spacial score (nSPS) is 21.0. The van der Waals surface area contributed by atoms with Gasteiger partial charge in [0, 0.05) is 25.8 Å². The Morgan fingerprint density at radius 3 is 2.52 bits per heavy atom. The van der Waals surface area contributed by atoms with Crippen LogP contribution in [0.2, 0.25) is 5.02 Å². The van der Waals surface area contributed by atoms with E-state index in [4.69, 9.17) is 16.3 Å². The molecule has 1 aliphatic heterocycles. The van der Waals surface area contributed by atoms with Crippen LogP contribution in [0.15, 0.2) is 18.2 Å². The minimum absolute atomic E-state index is 0.0125. The molecule has 0 radical (unpaired) electrons. The molecular weight excluding hydrogens is 318 g/mol. The topological polar surface area (TPSA) is 70.7 Å². The molecule has 2 amide bonds. The SMILES string of the molecule is CNC(=O)c1ccc(NCC(=O)N2CC(C)OC(C)C2)cc1Cl. The number of hydrogen-bond acceptors (Lipinski definition) is 4. The number of amides is 2. The van der Waals surface area contributed by atoms with E-state index in [-0.39, 0.29) is 30.6 Å². The molecule has 0 aromatic heterocycles. The van der Waals surface area contributed by atoms with Crippen molar-refractivity contribution < 1.29 is 14.3 Å². The van der Waals surface area contributed by atoms with E-state index in [1.807, 2.05) is 13.8 Å². The highest BCUT2D eigenvalue weighted by molar-refractivity contribution is 6.34. The molecule has 1 saturated heterocycles. The molecule has 0 aliphatic carbocycles. The van der Waals surface area contributed by atoms with E-state index in [0.717, 1.165) is 0 Å². The van der Waals surface area contributed by atoms with Crippen LogP contribution in [0, 0.1) is 0 Å². The summed E-state index contributed by atoms with van der Waals surface area (Å²) in [6.07, 6.45) is 0.0907. The number of carbonyl (C=O) groups excluding carboxylic acids is 2. The first-order valence-electron chi connectivity index (χ1n) is 7.59. The van der Waals surface area contributed by atoms with Crippen molar-refractivity contribution in [3.05, 3.63) is 28.8 Å². The Morgan fingerprint density at radius 1 is 1.30 bits per heavy atom. The molecule has 2 rings (SSSR count). The Morgan fingerprint density at radius 2 is 1.96 bits per heavy atom. The van der Waals surface area contributed by atoms with Crippen molar-refractivity contribution in [3.63, 3.8) is 0 Å². The highest BCUT2D eigenvalue weighted by Gasteiger charge is 2.25. The molecule has 2 N–H and O–H groups in total. The van der Waals surface area contributed by atoms with Gasteiger partial charge in [0.25, 0.3) is 5.91 Å². The Hall–Kier alpha value is -1.79. The number of ether oxygens (including phenoxy) is 1. The lowest BCUT2D eigenvalue weighted by atomic mass is 10.2. The van der Waals surface area contributed by atoms with E-state index in [9.17, 15) is 9.59 Å². The maximum Gasteiger partial charge on any atom is 0.252 e. The van der Waals surface area contributed by atoms with Gasteiger partial charge >= 0.3 is 0 Å². The molecule has 1 fully saturated rings. The van der Waals surface area contributed by atoms with Gasteiger partial charge in [0.1, 0.15) is 0 Å². The molecule has 1 heterocycles. The van der Waals surface area contributed by atoms with E-state index < -0.39 is 0 Å². The summed E-state index contributed by atoms with van der Waals surface area (Å²) >= 11 is 6.09. The fraction of sp³-hybridized carbons (Fsp3) is 0.500. The Kier molecular flexibility index (Phi) is 5.85. The summed E-state index contributed by atoms with van der Waals surface area (Å²) in [7, 11) is 1.55. The van der Waals surface area contributed by atoms with Crippen LogP contribution in [0.25, 0.3) is 0 Å². The predicted octanol–water partition coefficient (Wildman–Crippen LogP) is 1.75. The molecule has 126 valence electrons. The first-order valence-corrected chi connectivity index (χ1v) is 7.97. The monoisotopic (exact) mass is 339 g/mol. The molecule has 0 saturated carbocycles. The molecule has 1 aromatic rings. The molecule has 6 nitrogen and oxygen atoms in total. The van der Waals surface area contributed by atoms with Crippen molar-refractivity contribution in [2.75, 3.05) is 32.0 Å². The van der Waals surface area contributed by atoms with Crippen molar-refractivity contribution in [1.82, 2.24) is 10.2 Å². The van der Waals surface area contributed by atoms with Crippen LogP contribution >= 0.6 is 11.6 Å². The van der Waals surface area contributed by atoms with Crippen LogP contribution in [-0.4, -0.2) is 55.6 Å². The second-order valence-electron chi connectivity index (χ2n) is 5.68. The third kappa shape index (κ3) is 4.59. The first kappa shape index (κ1) is 17.6. The van der Waals surface area contributed by atoms with Gasteiger partial charge in [0.05, 0.1) is 29.3 Å². The first-order chi connectivity index (χ1) is 10.9.